The maximum Gasteiger partial charge on any atom is 0.163 e. The van der Waals surface area contributed by atoms with Crippen molar-refractivity contribution in [2.75, 3.05) is 40.4 Å². The van der Waals surface area contributed by atoms with E-state index in [4.69, 9.17) is 14.5 Å². The van der Waals surface area contributed by atoms with Gasteiger partial charge in [-0.3, -0.25) is 4.90 Å². The van der Waals surface area contributed by atoms with Crippen LogP contribution in [0.5, 0.6) is 11.5 Å². The van der Waals surface area contributed by atoms with E-state index in [1.807, 2.05) is 12.1 Å². The highest BCUT2D eigenvalue weighted by Gasteiger charge is 2.21. The van der Waals surface area contributed by atoms with Gasteiger partial charge in [0.15, 0.2) is 11.5 Å². The van der Waals surface area contributed by atoms with Gasteiger partial charge in [-0.15, -0.1) is 0 Å². The number of rotatable bonds is 3. The van der Waals surface area contributed by atoms with Crippen molar-refractivity contribution in [3.63, 3.8) is 0 Å². The second kappa shape index (κ2) is 6.02. The van der Waals surface area contributed by atoms with Crippen LogP contribution in [-0.4, -0.2) is 66.2 Å². The van der Waals surface area contributed by atoms with E-state index >= 15 is 0 Å². The summed E-state index contributed by atoms with van der Waals surface area (Å²) in [7, 11) is 4.39. The highest BCUT2D eigenvalue weighted by atomic mass is 16.6. The van der Waals surface area contributed by atoms with Crippen molar-refractivity contribution in [1.29, 1.82) is 0 Å². The fourth-order valence-corrected chi connectivity index (χ4v) is 3.48. The lowest BCUT2D eigenvalue weighted by Gasteiger charge is -2.34. The summed E-state index contributed by atoms with van der Waals surface area (Å²) in [5, 5.41) is 0. The summed E-state index contributed by atoms with van der Waals surface area (Å²) in [5.41, 5.74) is 1.96. The van der Waals surface area contributed by atoms with E-state index in [1.54, 1.807) is 0 Å². The number of H-pyrrole nitrogens is 1. The molecule has 4 rings (SSSR count). The van der Waals surface area contributed by atoms with Crippen LogP contribution in [0.1, 0.15) is 18.7 Å². The number of imidazole rings is 1. The average Bonchev–Trinajstić information content (AvgIpc) is 2.94. The van der Waals surface area contributed by atoms with Crippen molar-refractivity contribution in [3.05, 3.63) is 18.0 Å². The van der Waals surface area contributed by atoms with Gasteiger partial charge in [-0.25, -0.2) is 4.98 Å². The van der Waals surface area contributed by atoms with Gasteiger partial charge in [0, 0.05) is 18.2 Å². The molecule has 0 spiro atoms. The lowest BCUT2D eigenvalue weighted by molar-refractivity contribution is 0.137. The molecule has 6 nitrogen and oxygen atoms in total. The van der Waals surface area contributed by atoms with Crippen molar-refractivity contribution < 1.29 is 9.47 Å². The summed E-state index contributed by atoms with van der Waals surface area (Å²) in [6.45, 7) is 4.41. The summed E-state index contributed by atoms with van der Waals surface area (Å²) < 4.78 is 11.3. The molecular formula is C17H24N4O2. The van der Waals surface area contributed by atoms with E-state index < -0.39 is 0 Å². The van der Waals surface area contributed by atoms with Crippen LogP contribution in [0.25, 0.3) is 11.0 Å². The molecule has 0 radical (unpaired) electrons. The number of hydrogen-bond donors (Lipinski definition) is 1. The zero-order valence-corrected chi connectivity index (χ0v) is 13.8. The average molecular weight is 316 g/mol. The fraction of sp³-hybridized carbons (Fsp3) is 0.588. The molecule has 1 saturated heterocycles. The van der Waals surface area contributed by atoms with Crippen molar-refractivity contribution in [2.24, 2.45) is 0 Å². The molecule has 0 unspecified atom stereocenters. The largest absolute Gasteiger partial charge is 0.486 e. The first-order valence-electron chi connectivity index (χ1n) is 8.36. The molecule has 0 bridgehead atoms. The Balaban J connectivity index is 1.50. The molecule has 2 aromatic rings. The molecule has 0 saturated carbocycles. The van der Waals surface area contributed by atoms with Crippen LogP contribution in [0.3, 0.4) is 0 Å². The van der Waals surface area contributed by atoms with Gasteiger partial charge in [0.05, 0.1) is 17.6 Å². The third kappa shape index (κ3) is 3.01. The first kappa shape index (κ1) is 14.8. The van der Waals surface area contributed by atoms with Crippen molar-refractivity contribution >= 4 is 11.0 Å². The molecule has 0 atom stereocenters. The smallest absolute Gasteiger partial charge is 0.163 e. The molecule has 1 N–H and O–H groups in total. The Kier molecular flexibility index (Phi) is 3.87. The molecule has 0 amide bonds. The van der Waals surface area contributed by atoms with Crippen LogP contribution in [0.2, 0.25) is 0 Å². The van der Waals surface area contributed by atoms with Crippen LogP contribution in [-0.2, 0) is 6.54 Å². The normalized spacial score (nSPS) is 19.6. The Labute approximate surface area is 136 Å². The molecule has 1 fully saturated rings. The highest BCUT2D eigenvalue weighted by Crippen LogP contribution is 2.33. The molecule has 3 heterocycles. The quantitative estimate of drug-likeness (QED) is 0.937. The van der Waals surface area contributed by atoms with Crippen molar-refractivity contribution in [3.8, 4) is 11.5 Å². The van der Waals surface area contributed by atoms with Gasteiger partial charge in [0.2, 0.25) is 0 Å². The van der Waals surface area contributed by atoms with Crippen molar-refractivity contribution in [1.82, 2.24) is 19.8 Å². The zero-order valence-electron chi connectivity index (χ0n) is 13.8. The Morgan fingerprint density at radius 3 is 2.65 bits per heavy atom. The maximum absolute atomic E-state index is 5.64. The Bertz CT molecular complexity index is 648. The number of benzene rings is 1. The SMILES string of the molecule is CN1CCC(N(C)Cc2nc3cc4c(cc3[nH]2)OCCO4)CC1. The third-order valence-electron chi connectivity index (χ3n) is 4.91. The van der Waals surface area contributed by atoms with Gasteiger partial charge >= 0.3 is 0 Å². The molecular weight excluding hydrogens is 292 g/mol. The number of fused-ring (bicyclic) bond motifs is 2. The molecule has 6 heteroatoms. The topological polar surface area (TPSA) is 53.6 Å². The number of nitrogens with zero attached hydrogens (tertiary/aromatic N) is 3. The van der Waals surface area contributed by atoms with Gasteiger partial charge in [-0.1, -0.05) is 0 Å². The second-order valence-corrected chi connectivity index (χ2v) is 6.65. The molecule has 23 heavy (non-hydrogen) atoms. The number of hydrogen-bond acceptors (Lipinski definition) is 5. The molecule has 124 valence electrons. The molecule has 0 aliphatic carbocycles. The van der Waals surface area contributed by atoms with E-state index in [2.05, 4.69) is 28.9 Å². The highest BCUT2D eigenvalue weighted by molar-refractivity contribution is 5.79. The lowest BCUT2D eigenvalue weighted by atomic mass is 10.0. The van der Waals surface area contributed by atoms with E-state index in [0.29, 0.717) is 19.3 Å². The molecule has 2 aliphatic heterocycles. The minimum absolute atomic E-state index is 0.606. The van der Waals surface area contributed by atoms with Crippen LogP contribution >= 0.6 is 0 Å². The van der Waals surface area contributed by atoms with E-state index in [1.165, 1.54) is 25.9 Å². The number of piperidine rings is 1. The van der Waals surface area contributed by atoms with Gasteiger partial charge in [-0.2, -0.15) is 0 Å². The zero-order chi connectivity index (χ0) is 15.8. The predicted octanol–water partition coefficient (Wildman–Crippen LogP) is 1.86. The monoisotopic (exact) mass is 316 g/mol. The third-order valence-corrected chi connectivity index (χ3v) is 4.91. The van der Waals surface area contributed by atoms with Gasteiger partial charge < -0.3 is 19.4 Å². The van der Waals surface area contributed by atoms with Gasteiger partial charge in [0.25, 0.3) is 0 Å². The fourth-order valence-electron chi connectivity index (χ4n) is 3.48. The van der Waals surface area contributed by atoms with E-state index in [9.17, 15) is 0 Å². The van der Waals surface area contributed by atoms with Crippen molar-refractivity contribution in [2.45, 2.75) is 25.4 Å². The number of likely N-dealkylation sites (tertiary alicyclic amines) is 1. The number of aromatic nitrogens is 2. The number of ether oxygens (including phenoxy) is 2. The summed E-state index contributed by atoms with van der Waals surface area (Å²) in [4.78, 5) is 13.0. The second-order valence-electron chi connectivity index (χ2n) is 6.65. The Hall–Kier alpha value is -1.79. The summed E-state index contributed by atoms with van der Waals surface area (Å²) in [6.07, 6.45) is 2.45. The first-order valence-corrected chi connectivity index (χ1v) is 8.36. The lowest BCUT2D eigenvalue weighted by Crippen LogP contribution is -2.41. The van der Waals surface area contributed by atoms with Crippen LogP contribution in [0, 0.1) is 0 Å². The number of aromatic amines is 1. The molecule has 2 aliphatic rings. The molecule has 1 aromatic heterocycles. The van der Waals surface area contributed by atoms with Crippen LogP contribution in [0.15, 0.2) is 12.1 Å². The van der Waals surface area contributed by atoms with Gasteiger partial charge in [-0.05, 0) is 40.0 Å². The predicted molar refractivity (Wildman–Crippen MR) is 89.1 cm³/mol. The summed E-state index contributed by atoms with van der Waals surface area (Å²) in [5.74, 6) is 2.61. The molecule has 1 aromatic carbocycles. The van der Waals surface area contributed by atoms with Crippen LogP contribution < -0.4 is 9.47 Å². The minimum Gasteiger partial charge on any atom is -0.486 e. The first-order chi connectivity index (χ1) is 11.2. The standard InChI is InChI=1S/C17H24N4O2/c1-20-5-3-12(4-6-20)21(2)11-17-18-13-9-15-16(10-14(13)19-17)23-8-7-22-15/h9-10,12H,3-8,11H2,1-2H3,(H,18,19). The number of nitrogens with one attached hydrogen (secondary N) is 1. The van der Waals surface area contributed by atoms with Gasteiger partial charge in [0.1, 0.15) is 19.0 Å². The minimum atomic E-state index is 0.606. The van der Waals surface area contributed by atoms with E-state index in [-0.39, 0.29) is 0 Å². The Morgan fingerprint density at radius 2 is 1.91 bits per heavy atom. The maximum atomic E-state index is 5.64. The van der Waals surface area contributed by atoms with Crippen LogP contribution in [0.4, 0.5) is 0 Å². The summed E-state index contributed by atoms with van der Waals surface area (Å²) >= 11 is 0. The Morgan fingerprint density at radius 1 is 1.22 bits per heavy atom. The summed E-state index contributed by atoms with van der Waals surface area (Å²) in [6, 6.07) is 4.61. The van der Waals surface area contributed by atoms with E-state index in [0.717, 1.165) is 34.9 Å².